The molecule has 5 nitrogen and oxygen atoms in total. The molecule has 6 heteroatoms. The van der Waals surface area contributed by atoms with Crippen molar-refractivity contribution in [3.05, 3.63) is 11.1 Å². The van der Waals surface area contributed by atoms with Crippen molar-refractivity contribution in [1.29, 1.82) is 5.26 Å². The lowest BCUT2D eigenvalue weighted by molar-refractivity contribution is 0.0656. The number of carbonyl (C=O) groups is 1. The Kier molecular flexibility index (Phi) is 2.88. The molecule has 0 bridgehead atoms. The van der Waals surface area contributed by atoms with Gasteiger partial charge in [0.1, 0.15) is 0 Å². The van der Waals surface area contributed by atoms with Gasteiger partial charge in [0.2, 0.25) is 0 Å². The highest BCUT2D eigenvalue weighted by molar-refractivity contribution is 7.03. The summed E-state index contributed by atoms with van der Waals surface area (Å²) < 4.78 is 3.67. The van der Waals surface area contributed by atoms with Crippen molar-refractivity contribution in [2.45, 2.75) is 19.8 Å². The second kappa shape index (κ2) is 4.18. The summed E-state index contributed by atoms with van der Waals surface area (Å²) in [6, 6.07) is 2.31. The molecule has 0 aromatic carbocycles. The van der Waals surface area contributed by atoms with E-state index in [0.29, 0.717) is 18.8 Å². The molecule has 1 aliphatic rings. The molecule has 0 spiro atoms. The van der Waals surface area contributed by atoms with Gasteiger partial charge in [-0.25, -0.2) is 0 Å². The predicted molar refractivity (Wildman–Crippen MR) is 58.8 cm³/mol. The van der Waals surface area contributed by atoms with Gasteiger partial charge in [0.15, 0.2) is 5.69 Å². The topological polar surface area (TPSA) is 69.9 Å². The zero-order valence-corrected chi connectivity index (χ0v) is 9.83. The van der Waals surface area contributed by atoms with Crippen LogP contribution in [-0.2, 0) is 0 Å². The number of amides is 1. The molecule has 1 aromatic rings. The van der Waals surface area contributed by atoms with Gasteiger partial charge in [-0.05, 0) is 31.3 Å². The number of hydrogen-bond acceptors (Lipinski definition) is 5. The molecule has 0 radical (unpaired) electrons. The van der Waals surface area contributed by atoms with Crippen LogP contribution in [0.5, 0.6) is 0 Å². The highest BCUT2D eigenvalue weighted by Crippen LogP contribution is 2.30. The van der Waals surface area contributed by atoms with Crippen LogP contribution in [0.3, 0.4) is 0 Å². The van der Waals surface area contributed by atoms with Crippen LogP contribution in [0.4, 0.5) is 0 Å². The molecule has 0 saturated carbocycles. The van der Waals surface area contributed by atoms with Crippen molar-refractivity contribution in [3.63, 3.8) is 0 Å². The molecular weight excluding hydrogens is 224 g/mol. The van der Waals surface area contributed by atoms with Crippen LogP contribution in [-0.4, -0.2) is 33.5 Å². The summed E-state index contributed by atoms with van der Waals surface area (Å²) in [6.07, 6.45) is 1.46. The second-order valence-corrected chi connectivity index (χ2v) is 4.86. The highest BCUT2D eigenvalue weighted by atomic mass is 32.1. The van der Waals surface area contributed by atoms with E-state index in [-0.39, 0.29) is 11.3 Å². The first kappa shape index (κ1) is 11.0. The Morgan fingerprint density at radius 3 is 2.81 bits per heavy atom. The molecule has 0 unspecified atom stereocenters. The van der Waals surface area contributed by atoms with E-state index in [1.807, 2.05) is 6.92 Å². The minimum absolute atomic E-state index is 0.0752. The van der Waals surface area contributed by atoms with Crippen molar-refractivity contribution in [3.8, 4) is 6.07 Å². The first-order valence-corrected chi connectivity index (χ1v) is 5.96. The fraction of sp³-hybridized carbons (Fsp3) is 0.600. The van der Waals surface area contributed by atoms with Crippen LogP contribution in [0, 0.1) is 16.7 Å². The number of carbonyl (C=O) groups excluding carboxylic acids is 1. The van der Waals surface area contributed by atoms with Crippen molar-refractivity contribution in [2.24, 2.45) is 5.41 Å². The summed E-state index contributed by atoms with van der Waals surface area (Å²) in [4.78, 5) is 13.7. The molecule has 1 fully saturated rings. The molecule has 84 valence electrons. The first-order valence-electron chi connectivity index (χ1n) is 5.12. The van der Waals surface area contributed by atoms with Gasteiger partial charge < -0.3 is 4.90 Å². The van der Waals surface area contributed by atoms with Crippen molar-refractivity contribution < 1.29 is 4.79 Å². The van der Waals surface area contributed by atoms with Crippen LogP contribution in [0.15, 0.2) is 5.38 Å². The van der Waals surface area contributed by atoms with E-state index >= 15 is 0 Å². The van der Waals surface area contributed by atoms with Gasteiger partial charge in [-0.15, -0.1) is 5.10 Å². The molecule has 2 heterocycles. The van der Waals surface area contributed by atoms with Gasteiger partial charge >= 0.3 is 0 Å². The Morgan fingerprint density at radius 1 is 1.62 bits per heavy atom. The first-order chi connectivity index (χ1) is 7.64. The average Bonchev–Trinajstić information content (AvgIpc) is 2.83. The zero-order chi connectivity index (χ0) is 11.6. The summed E-state index contributed by atoms with van der Waals surface area (Å²) in [6.45, 7) is 3.19. The Labute approximate surface area is 97.8 Å². The van der Waals surface area contributed by atoms with Crippen LogP contribution >= 0.6 is 11.5 Å². The van der Waals surface area contributed by atoms with Crippen molar-refractivity contribution in [1.82, 2.24) is 14.5 Å². The Hall–Kier alpha value is -1.48. The summed E-state index contributed by atoms with van der Waals surface area (Å²) in [5.41, 5.74) is 0.127. The van der Waals surface area contributed by atoms with E-state index in [1.165, 1.54) is 11.5 Å². The third kappa shape index (κ3) is 2.04. The van der Waals surface area contributed by atoms with Gasteiger partial charge in [0, 0.05) is 18.5 Å². The number of rotatable bonds is 1. The van der Waals surface area contributed by atoms with E-state index in [9.17, 15) is 4.79 Å². The minimum Gasteiger partial charge on any atom is -0.337 e. The van der Waals surface area contributed by atoms with Gasteiger partial charge in [-0.1, -0.05) is 4.49 Å². The third-order valence-electron chi connectivity index (χ3n) is 3.00. The SMILES string of the molecule is CC1(C#N)CCN(C(=O)c2csnn2)CC1. The predicted octanol–water partition coefficient (Wildman–Crippen LogP) is 1.30. The summed E-state index contributed by atoms with van der Waals surface area (Å²) in [5, 5.41) is 14.4. The molecule has 1 saturated heterocycles. The molecule has 1 amide bonds. The molecule has 1 aromatic heterocycles. The largest absolute Gasteiger partial charge is 0.337 e. The minimum atomic E-state index is -0.281. The fourth-order valence-corrected chi connectivity index (χ4v) is 2.16. The van der Waals surface area contributed by atoms with Gasteiger partial charge in [0.25, 0.3) is 5.91 Å². The molecule has 16 heavy (non-hydrogen) atoms. The maximum Gasteiger partial charge on any atom is 0.275 e. The van der Waals surface area contributed by atoms with Gasteiger partial charge in [-0.3, -0.25) is 4.79 Å². The van der Waals surface area contributed by atoms with E-state index in [1.54, 1.807) is 10.3 Å². The van der Waals surface area contributed by atoms with E-state index in [0.717, 1.165) is 12.8 Å². The Morgan fingerprint density at radius 2 is 2.31 bits per heavy atom. The summed E-state index contributed by atoms with van der Waals surface area (Å²) >= 11 is 1.18. The summed E-state index contributed by atoms with van der Waals surface area (Å²) in [7, 11) is 0. The number of likely N-dealkylation sites (tertiary alicyclic amines) is 1. The third-order valence-corrected chi connectivity index (χ3v) is 3.51. The van der Waals surface area contributed by atoms with E-state index in [2.05, 4.69) is 15.7 Å². The van der Waals surface area contributed by atoms with Crippen LogP contribution in [0.25, 0.3) is 0 Å². The van der Waals surface area contributed by atoms with E-state index < -0.39 is 0 Å². The smallest absolute Gasteiger partial charge is 0.275 e. The number of nitriles is 1. The number of aromatic nitrogens is 2. The van der Waals surface area contributed by atoms with Gasteiger partial charge in [-0.2, -0.15) is 5.26 Å². The number of hydrogen-bond donors (Lipinski definition) is 0. The quantitative estimate of drug-likeness (QED) is 0.737. The normalized spacial score (nSPS) is 19.1. The molecular formula is C10H12N4OS. The van der Waals surface area contributed by atoms with Crippen LogP contribution < -0.4 is 0 Å². The van der Waals surface area contributed by atoms with Crippen molar-refractivity contribution in [2.75, 3.05) is 13.1 Å². The lowest BCUT2D eigenvalue weighted by Crippen LogP contribution is -2.41. The monoisotopic (exact) mass is 236 g/mol. The highest BCUT2D eigenvalue weighted by Gasteiger charge is 2.32. The molecule has 0 aliphatic carbocycles. The van der Waals surface area contributed by atoms with Crippen LogP contribution in [0.1, 0.15) is 30.3 Å². The molecule has 0 atom stereocenters. The fourth-order valence-electron chi connectivity index (χ4n) is 1.73. The van der Waals surface area contributed by atoms with Crippen LogP contribution in [0.2, 0.25) is 0 Å². The maximum absolute atomic E-state index is 11.9. The lowest BCUT2D eigenvalue weighted by atomic mass is 9.82. The number of piperidine rings is 1. The average molecular weight is 236 g/mol. The van der Waals surface area contributed by atoms with Crippen molar-refractivity contribution >= 4 is 17.4 Å². The molecule has 0 N–H and O–H groups in total. The van der Waals surface area contributed by atoms with E-state index in [4.69, 9.17) is 5.26 Å². The summed E-state index contributed by atoms with van der Waals surface area (Å²) in [5.74, 6) is -0.0752. The molecule has 1 aliphatic heterocycles. The Balaban J connectivity index is 2.00. The standard InChI is InChI=1S/C10H12N4OS/c1-10(7-11)2-4-14(5-3-10)9(15)8-6-16-13-12-8/h6H,2-5H2,1H3. The lowest BCUT2D eigenvalue weighted by Gasteiger charge is -2.34. The van der Waals surface area contributed by atoms with Gasteiger partial charge in [0.05, 0.1) is 11.5 Å². The maximum atomic E-state index is 11.9. The number of nitrogens with zero attached hydrogens (tertiary/aromatic N) is 4. The Bertz CT molecular complexity index is 415. The zero-order valence-electron chi connectivity index (χ0n) is 9.01. The second-order valence-electron chi connectivity index (χ2n) is 4.25. The molecule has 2 rings (SSSR count).